The van der Waals surface area contributed by atoms with Crippen LogP contribution in [0.3, 0.4) is 0 Å². The number of aliphatic hydroxyl groups is 1. The molecule has 0 aliphatic carbocycles. The van der Waals surface area contributed by atoms with Gasteiger partial charge < -0.3 is 19.3 Å². The maximum Gasteiger partial charge on any atom is 0.573 e. The highest BCUT2D eigenvalue weighted by molar-refractivity contribution is 6.30. The summed E-state index contributed by atoms with van der Waals surface area (Å²) in [5.41, 5.74) is 2.09. The van der Waals surface area contributed by atoms with Gasteiger partial charge in [-0.05, 0) is 24.3 Å². The number of hydrogen-bond donors (Lipinski definition) is 2. The van der Waals surface area contributed by atoms with Crippen molar-refractivity contribution in [3.05, 3.63) is 60.1 Å². The highest BCUT2D eigenvalue weighted by Gasteiger charge is 2.34. The number of benzene rings is 2. The second-order valence-corrected chi connectivity index (χ2v) is 6.28. The van der Waals surface area contributed by atoms with E-state index in [1.807, 2.05) is 24.3 Å². The average molecular weight is 388 g/mol. The normalized spacial score (nSPS) is 15.0. The minimum Gasteiger partial charge on any atom is -0.509 e. The first-order valence-corrected chi connectivity index (χ1v) is 8.31. The van der Waals surface area contributed by atoms with Crippen LogP contribution < -0.4 is 9.64 Å². The minimum absolute atomic E-state index is 0.0488. The summed E-state index contributed by atoms with van der Waals surface area (Å²) < 4.78 is 43.2. The highest BCUT2D eigenvalue weighted by atomic mass is 19.4. The monoisotopic (exact) mass is 388 g/mol. The molecule has 0 amide bonds. The molecule has 6 nitrogen and oxygen atoms in total. The van der Waals surface area contributed by atoms with Crippen LogP contribution in [0, 0.1) is 5.41 Å². The summed E-state index contributed by atoms with van der Waals surface area (Å²) in [6, 6.07) is 12.7. The van der Waals surface area contributed by atoms with Crippen molar-refractivity contribution in [2.45, 2.75) is 6.36 Å². The lowest BCUT2D eigenvalue weighted by Crippen LogP contribution is -2.26. The predicted molar refractivity (Wildman–Crippen MR) is 98.5 cm³/mol. The number of fused-ring (bicyclic) bond motifs is 1. The van der Waals surface area contributed by atoms with E-state index in [-0.39, 0.29) is 23.7 Å². The van der Waals surface area contributed by atoms with Crippen molar-refractivity contribution in [2.24, 2.45) is 7.05 Å². The number of alkyl halides is 3. The SMILES string of the molecule is Cn1c(C2=C(O)CN(c3cccc(OC(F)(F)F)c3)C2=N)nc2ccccc21. The zero-order valence-electron chi connectivity index (χ0n) is 14.7. The number of aryl methyl sites for hydroxylation is 1. The Kier molecular flexibility index (Phi) is 4.02. The minimum atomic E-state index is -4.81. The maximum atomic E-state index is 12.5. The van der Waals surface area contributed by atoms with Crippen LogP contribution in [0.25, 0.3) is 16.6 Å². The zero-order chi connectivity index (χ0) is 20.1. The molecule has 0 bridgehead atoms. The highest BCUT2D eigenvalue weighted by Crippen LogP contribution is 2.34. The number of aromatic nitrogens is 2. The van der Waals surface area contributed by atoms with Crippen molar-refractivity contribution in [2.75, 3.05) is 11.4 Å². The fourth-order valence-electron chi connectivity index (χ4n) is 3.25. The third kappa shape index (κ3) is 3.04. The number of halogens is 3. The number of nitrogens with one attached hydrogen (secondary N) is 1. The van der Waals surface area contributed by atoms with Crippen LogP contribution in [-0.2, 0) is 7.05 Å². The Balaban J connectivity index is 1.69. The molecule has 9 heteroatoms. The number of ether oxygens (including phenoxy) is 1. The fourth-order valence-corrected chi connectivity index (χ4v) is 3.25. The number of hydrogen-bond acceptors (Lipinski definition) is 4. The van der Waals surface area contributed by atoms with Gasteiger partial charge in [-0.25, -0.2) is 4.98 Å². The molecule has 0 atom stereocenters. The number of nitrogens with zero attached hydrogens (tertiary/aromatic N) is 3. The van der Waals surface area contributed by atoms with E-state index >= 15 is 0 Å². The first kappa shape index (κ1) is 17.9. The quantitative estimate of drug-likeness (QED) is 0.704. The number of rotatable bonds is 3. The zero-order valence-corrected chi connectivity index (χ0v) is 14.7. The van der Waals surface area contributed by atoms with Crippen LogP contribution in [0.4, 0.5) is 18.9 Å². The molecule has 1 aliphatic heterocycles. The molecule has 1 aliphatic rings. The molecule has 2 N–H and O–H groups in total. The van der Waals surface area contributed by atoms with E-state index < -0.39 is 12.1 Å². The Morgan fingerprint density at radius 1 is 1.14 bits per heavy atom. The molecule has 1 aromatic heterocycles. The van der Waals surface area contributed by atoms with E-state index in [9.17, 15) is 18.3 Å². The summed E-state index contributed by atoms with van der Waals surface area (Å²) in [7, 11) is 1.78. The summed E-state index contributed by atoms with van der Waals surface area (Å²) in [6.45, 7) is -0.0488. The van der Waals surface area contributed by atoms with Gasteiger partial charge in [0, 0.05) is 18.8 Å². The molecule has 28 heavy (non-hydrogen) atoms. The number of imidazole rings is 1. The van der Waals surface area contributed by atoms with E-state index in [0.29, 0.717) is 17.0 Å². The fraction of sp³-hybridized carbons (Fsp3) is 0.158. The van der Waals surface area contributed by atoms with Crippen LogP contribution in [0.5, 0.6) is 5.75 Å². The molecule has 3 aromatic rings. The Bertz CT molecular complexity index is 1120. The van der Waals surface area contributed by atoms with Gasteiger partial charge in [0.15, 0.2) is 0 Å². The molecule has 144 valence electrons. The molecule has 0 saturated heterocycles. The molecular weight excluding hydrogens is 373 g/mol. The van der Waals surface area contributed by atoms with Crippen molar-refractivity contribution in [3.8, 4) is 5.75 Å². The summed E-state index contributed by atoms with van der Waals surface area (Å²) in [6.07, 6.45) is -4.81. The summed E-state index contributed by atoms with van der Waals surface area (Å²) in [4.78, 5) is 5.89. The molecular formula is C19H15F3N4O2. The lowest BCUT2D eigenvalue weighted by atomic mass is 10.2. The third-order valence-electron chi connectivity index (χ3n) is 4.48. The van der Waals surface area contributed by atoms with Gasteiger partial charge in [0.2, 0.25) is 0 Å². The molecule has 0 radical (unpaired) electrons. The van der Waals surface area contributed by atoms with Crippen molar-refractivity contribution in [1.82, 2.24) is 9.55 Å². The molecule has 2 heterocycles. The smallest absolute Gasteiger partial charge is 0.509 e. The van der Waals surface area contributed by atoms with Crippen molar-refractivity contribution in [3.63, 3.8) is 0 Å². The first-order valence-electron chi connectivity index (χ1n) is 8.31. The molecule has 4 rings (SSSR count). The van der Waals surface area contributed by atoms with Gasteiger partial charge in [0.1, 0.15) is 23.2 Å². The summed E-state index contributed by atoms with van der Waals surface area (Å²) in [5, 5.41) is 19.0. The van der Waals surface area contributed by atoms with E-state index in [1.165, 1.54) is 23.1 Å². The van der Waals surface area contributed by atoms with Gasteiger partial charge in [-0.15, -0.1) is 13.2 Å². The average Bonchev–Trinajstić information content (AvgIpc) is 3.10. The van der Waals surface area contributed by atoms with Crippen LogP contribution in [0.2, 0.25) is 0 Å². The maximum absolute atomic E-state index is 12.5. The topological polar surface area (TPSA) is 74.4 Å². The Morgan fingerprint density at radius 3 is 2.61 bits per heavy atom. The van der Waals surface area contributed by atoms with Gasteiger partial charge in [-0.3, -0.25) is 5.41 Å². The van der Waals surface area contributed by atoms with Crippen LogP contribution in [-0.4, -0.2) is 33.4 Å². The van der Waals surface area contributed by atoms with Gasteiger partial charge in [-0.1, -0.05) is 18.2 Å². The van der Waals surface area contributed by atoms with Crippen LogP contribution in [0.1, 0.15) is 5.82 Å². The predicted octanol–water partition coefficient (Wildman–Crippen LogP) is 4.24. The summed E-state index contributed by atoms with van der Waals surface area (Å²) >= 11 is 0. The molecule has 0 unspecified atom stereocenters. The lowest BCUT2D eigenvalue weighted by Gasteiger charge is -2.20. The largest absolute Gasteiger partial charge is 0.573 e. The Morgan fingerprint density at radius 2 is 1.89 bits per heavy atom. The summed E-state index contributed by atoms with van der Waals surface area (Å²) in [5.74, 6) is -0.118. The van der Waals surface area contributed by atoms with Crippen molar-refractivity contribution < 1.29 is 23.0 Å². The van der Waals surface area contributed by atoms with Gasteiger partial charge in [-0.2, -0.15) is 0 Å². The van der Waals surface area contributed by atoms with E-state index in [4.69, 9.17) is 5.41 Å². The number of para-hydroxylation sites is 2. The number of aliphatic hydroxyl groups excluding tert-OH is 1. The Labute approximate surface area is 157 Å². The molecule has 0 spiro atoms. The number of amidine groups is 1. The van der Waals surface area contributed by atoms with Gasteiger partial charge in [0.25, 0.3) is 0 Å². The second kappa shape index (κ2) is 6.29. The van der Waals surface area contributed by atoms with Crippen LogP contribution >= 0.6 is 0 Å². The van der Waals surface area contributed by atoms with Gasteiger partial charge >= 0.3 is 6.36 Å². The molecule has 0 fully saturated rings. The second-order valence-electron chi connectivity index (χ2n) is 6.28. The standard InChI is InChI=1S/C19H15F3N4O2/c1-25-14-8-3-2-7-13(14)24-18(25)16-15(27)10-26(17(16)23)11-5-4-6-12(9-11)28-19(20,21)22/h2-9,23,27H,10H2,1H3. The van der Waals surface area contributed by atoms with E-state index in [2.05, 4.69) is 9.72 Å². The number of anilines is 1. The molecule has 0 saturated carbocycles. The van der Waals surface area contributed by atoms with Crippen LogP contribution in [0.15, 0.2) is 54.3 Å². The van der Waals surface area contributed by atoms with Crippen molar-refractivity contribution in [1.29, 1.82) is 5.41 Å². The van der Waals surface area contributed by atoms with Gasteiger partial charge in [0.05, 0.1) is 23.2 Å². The first-order chi connectivity index (χ1) is 13.2. The van der Waals surface area contributed by atoms with Crippen molar-refractivity contribution >= 4 is 28.1 Å². The third-order valence-corrected chi connectivity index (χ3v) is 4.48. The van der Waals surface area contributed by atoms with E-state index in [0.717, 1.165) is 5.52 Å². The van der Waals surface area contributed by atoms with E-state index in [1.54, 1.807) is 17.7 Å². The Hall–Kier alpha value is -3.49. The molecule has 2 aromatic carbocycles. The lowest BCUT2D eigenvalue weighted by molar-refractivity contribution is -0.274.